The Kier molecular flexibility index (Phi) is 9.34. The minimum absolute atomic E-state index is 0.0762. The summed E-state index contributed by atoms with van der Waals surface area (Å²) in [5.41, 5.74) is 2.87. The summed E-state index contributed by atoms with van der Waals surface area (Å²) in [7, 11) is 6.29. The Hall–Kier alpha value is -3.29. The van der Waals surface area contributed by atoms with Crippen LogP contribution >= 0.6 is 27.5 Å². The predicted octanol–water partition coefficient (Wildman–Crippen LogP) is 7.28. The molecule has 0 aromatic heterocycles. The van der Waals surface area contributed by atoms with Crippen molar-refractivity contribution in [3.05, 3.63) is 74.7 Å². The van der Waals surface area contributed by atoms with Crippen LogP contribution < -0.4 is 18.9 Å². The normalized spacial score (nSPS) is 11.1. The van der Waals surface area contributed by atoms with Crippen molar-refractivity contribution in [1.82, 2.24) is 0 Å². The zero-order valence-electron chi connectivity index (χ0n) is 19.8. The molecule has 182 valence electrons. The SMILES string of the molecule is COc1cc(/C=C\c2cc(Br)c(OC)c(N=CCC(=O)c3cccc(Cl)c3)c2)cc(OC)c1OC. The van der Waals surface area contributed by atoms with E-state index in [1.165, 1.54) is 0 Å². The summed E-state index contributed by atoms with van der Waals surface area (Å²) in [5.74, 6) is 2.16. The Balaban J connectivity index is 1.86. The Morgan fingerprint density at radius 1 is 0.886 bits per heavy atom. The van der Waals surface area contributed by atoms with E-state index in [0.29, 0.717) is 39.3 Å². The van der Waals surface area contributed by atoms with Crippen molar-refractivity contribution in [2.45, 2.75) is 6.42 Å². The van der Waals surface area contributed by atoms with Gasteiger partial charge in [0, 0.05) is 23.2 Å². The molecule has 0 bridgehead atoms. The quantitative estimate of drug-likeness (QED) is 0.149. The molecule has 0 aliphatic carbocycles. The Bertz CT molecular complexity index is 1250. The highest BCUT2D eigenvalue weighted by Crippen LogP contribution is 2.39. The molecule has 3 rings (SSSR count). The molecule has 0 aliphatic rings. The van der Waals surface area contributed by atoms with Gasteiger partial charge in [-0.1, -0.05) is 35.9 Å². The molecule has 3 aromatic carbocycles. The fraction of sp³-hybridized carbons (Fsp3) is 0.185. The summed E-state index contributed by atoms with van der Waals surface area (Å²) >= 11 is 9.53. The second kappa shape index (κ2) is 12.4. The molecule has 8 heteroatoms. The average Bonchev–Trinajstić information content (AvgIpc) is 2.86. The highest BCUT2D eigenvalue weighted by molar-refractivity contribution is 9.10. The largest absolute Gasteiger partial charge is 0.493 e. The number of rotatable bonds is 10. The molecular formula is C27H25BrClNO5. The first kappa shape index (κ1) is 26.3. The Labute approximate surface area is 218 Å². The minimum atomic E-state index is -0.0762. The van der Waals surface area contributed by atoms with Gasteiger partial charge < -0.3 is 18.9 Å². The Morgan fingerprint density at radius 3 is 2.09 bits per heavy atom. The van der Waals surface area contributed by atoms with Crippen molar-refractivity contribution < 1.29 is 23.7 Å². The van der Waals surface area contributed by atoms with E-state index in [4.69, 9.17) is 30.5 Å². The number of ketones is 1. The van der Waals surface area contributed by atoms with Gasteiger partial charge in [-0.05, 0) is 63.5 Å². The lowest BCUT2D eigenvalue weighted by molar-refractivity contribution is 0.100. The number of hydrogen-bond acceptors (Lipinski definition) is 6. The molecular weight excluding hydrogens is 534 g/mol. The Morgan fingerprint density at radius 2 is 1.51 bits per heavy atom. The molecule has 0 spiro atoms. The van der Waals surface area contributed by atoms with Crippen LogP contribution in [0.1, 0.15) is 27.9 Å². The van der Waals surface area contributed by atoms with E-state index in [1.807, 2.05) is 36.4 Å². The maximum atomic E-state index is 12.5. The number of halogens is 2. The lowest BCUT2D eigenvalue weighted by Crippen LogP contribution is -1.99. The number of benzene rings is 3. The number of carbonyl (C=O) groups is 1. The third kappa shape index (κ3) is 6.65. The molecule has 0 aliphatic heterocycles. The molecule has 0 saturated carbocycles. The molecule has 3 aromatic rings. The van der Waals surface area contributed by atoms with E-state index in [9.17, 15) is 4.79 Å². The summed E-state index contributed by atoms with van der Waals surface area (Å²) in [6, 6.07) is 14.4. The zero-order valence-corrected chi connectivity index (χ0v) is 22.1. The topological polar surface area (TPSA) is 66.4 Å². The van der Waals surface area contributed by atoms with Gasteiger partial charge in [0.25, 0.3) is 0 Å². The lowest BCUT2D eigenvalue weighted by atomic mass is 10.1. The molecule has 0 heterocycles. The van der Waals surface area contributed by atoms with Crippen LogP contribution in [-0.4, -0.2) is 40.4 Å². The van der Waals surface area contributed by atoms with Crippen LogP contribution in [-0.2, 0) is 0 Å². The molecule has 0 atom stereocenters. The van der Waals surface area contributed by atoms with Crippen molar-refractivity contribution in [2.75, 3.05) is 28.4 Å². The van der Waals surface area contributed by atoms with Gasteiger partial charge in [0.15, 0.2) is 23.0 Å². The maximum Gasteiger partial charge on any atom is 0.203 e. The molecule has 0 radical (unpaired) electrons. The molecule has 6 nitrogen and oxygen atoms in total. The van der Waals surface area contributed by atoms with Crippen LogP contribution in [0.2, 0.25) is 5.02 Å². The van der Waals surface area contributed by atoms with Crippen LogP contribution in [0.4, 0.5) is 5.69 Å². The zero-order chi connectivity index (χ0) is 25.4. The third-order valence-corrected chi connectivity index (χ3v) is 5.88. The van der Waals surface area contributed by atoms with Gasteiger partial charge in [0.2, 0.25) is 5.75 Å². The highest BCUT2D eigenvalue weighted by Gasteiger charge is 2.13. The van der Waals surface area contributed by atoms with Crippen molar-refractivity contribution in [3.63, 3.8) is 0 Å². The van der Waals surface area contributed by atoms with Gasteiger partial charge >= 0.3 is 0 Å². The molecule has 0 N–H and O–H groups in total. The fourth-order valence-electron chi connectivity index (χ4n) is 3.39. The van der Waals surface area contributed by atoms with E-state index in [0.717, 1.165) is 15.6 Å². The molecule has 0 unspecified atom stereocenters. The van der Waals surface area contributed by atoms with Gasteiger partial charge in [0.1, 0.15) is 5.69 Å². The summed E-state index contributed by atoms with van der Waals surface area (Å²) < 4.78 is 22.5. The first-order chi connectivity index (χ1) is 16.9. The van der Waals surface area contributed by atoms with Gasteiger partial charge in [-0.25, -0.2) is 0 Å². The second-order valence-corrected chi connectivity index (χ2v) is 8.59. The standard InChI is InChI=1S/C27H25BrClNO5/c1-32-24-14-18(15-25(33-2)27(24)35-4)9-8-17-12-21(28)26(34-3)22(13-17)30-11-10-23(31)19-6-5-7-20(29)16-19/h5-9,11-16H,10H2,1-4H3/b9-8-,30-11?. The van der Waals surface area contributed by atoms with Crippen LogP contribution in [0.5, 0.6) is 23.0 Å². The number of aliphatic imine (C=N–C) groups is 1. The number of hydrogen-bond donors (Lipinski definition) is 0. The highest BCUT2D eigenvalue weighted by atomic mass is 79.9. The van der Waals surface area contributed by atoms with Gasteiger partial charge in [-0.3, -0.25) is 9.79 Å². The first-order valence-electron chi connectivity index (χ1n) is 10.6. The van der Waals surface area contributed by atoms with Crippen molar-refractivity contribution in [1.29, 1.82) is 0 Å². The smallest absolute Gasteiger partial charge is 0.203 e. The average molecular weight is 559 g/mol. The first-order valence-corrected chi connectivity index (χ1v) is 11.7. The lowest BCUT2D eigenvalue weighted by Gasteiger charge is -2.13. The van der Waals surface area contributed by atoms with E-state index in [1.54, 1.807) is 58.9 Å². The van der Waals surface area contributed by atoms with Crippen molar-refractivity contribution in [3.8, 4) is 23.0 Å². The van der Waals surface area contributed by atoms with Crippen LogP contribution in [0.3, 0.4) is 0 Å². The number of carbonyl (C=O) groups excluding carboxylic acids is 1. The van der Waals surface area contributed by atoms with Gasteiger partial charge in [0.05, 0.1) is 32.9 Å². The number of Topliss-reactive ketones (excluding diaryl/α,β-unsaturated/α-hetero) is 1. The number of ether oxygens (including phenoxy) is 4. The molecule has 35 heavy (non-hydrogen) atoms. The molecule has 0 amide bonds. The van der Waals surface area contributed by atoms with E-state index in [2.05, 4.69) is 20.9 Å². The minimum Gasteiger partial charge on any atom is -0.493 e. The monoisotopic (exact) mass is 557 g/mol. The van der Waals surface area contributed by atoms with Gasteiger partial charge in [-0.2, -0.15) is 0 Å². The summed E-state index contributed by atoms with van der Waals surface area (Å²) in [6.45, 7) is 0. The number of methoxy groups -OCH3 is 4. The van der Waals surface area contributed by atoms with Gasteiger partial charge in [-0.15, -0.1) is 0 Å². The van der Waals surface area contributed by atoms with Crippen LogP contribution in [0.15, 0.2) is 58.0 Å². The molecule has 0 fully saturated rings. The van der Waals surface area contributed by atoms with E-state index < -0.39 is 0 Å². The maximum absolute atomic E-state index is 12.5. The number of nitrogens with zero attached hydrogens (tertiary/aromatic N) is 1. The predicted molar refractivity (Wildman–Crippen MR) is 144 cm³/mol. The van der Waals surface area contributed by atoms with E-state index >= 15 is 0 Å². The molecule has 0 saturated heterocycles. The third-order valence-electron chi connectivity index (χ3n) is 5.06. The van der Waals surface area contributed by atoms with Crippen LogP contribution in [0, 0.1) is 0 Å². The van der Waals surface area contributed by atoms with Crippen molar-refractivity contribution >= 4 is 57.4 Å². The van der Waals surface area contributed by atoms with E-state index in [-0.39, 0.29) is 12.2 Å². The summed E-state index contributed by atoms with van der Waals surface area (Å²) in [6.07, 6.45) is 5.56. The second-order valence-electron chi connectivity index (χ2n) is 7.30. The summed E-state index contributed by atoms with van der Waals surface area (Å²) in [5, 5.41) is 0.518. The van der Waals surface area contributed by atoms with Crippen LogP contribution in [0.25, 0.3) is 12.2 Å². The van der Waals surface area contributed by atoms with Crippen molar-refractivity contribution in [2.24, 2.45) is 4.99 Å². The fourth-order valence-corrected chi connectivity index (χ4v) is 4.21. The summed E-state index contributed by atoms with van der Waals surface area (Å²) in [4.78, 5) is 16.9.